The first kappa shape index (κ1) is 8.75. The molecule has 3 nitrogen and oxygen atoms in total. The molecule has 13 heavy (non-hydrogen) atoms. The van der Waals surface area contributed by atoms with Crippen LogP contribution < -0.4 is 5.32 Å². The molecule has 1 saturated heterocycles. The van der Waals surface area contributed by atoms with Gasteiger partial charge in [0.25, 0.3) is 0 Å². The average molecular weight is 180 g/mol. The number of aryl methyl sites for hydroxylation is 1. The van der Waals surface area contributed by atoms with Gasteiger partial charge in [-0.25, -0.2) is 4.98 Å². The van der Waals surface area contributed by atoms with Crippen molar-refractivity contribution in [3.8, 4) is 0 Å². The van der Waals surface area contributed by atoms with E-state index in [9.17, 15) is 0 Å². The van der Waals surface area contributed by atoms with E-state index >= 15 is 0 Å². The highest BCUT2D eigenvalue weighted by atomic mass is 16.3. The van der Waals surface area contributed by atoms with Crippen LogP contribution in [0.1, 0.15) is 24.9 Å². The van der Waals surface area contributed by atoms with Crippen LogP contribution in [0.5, 0.6) is 0 Å². The van der Waals surface area contributed by atoms with Crippen molar-refractivity contribution in [3.05, 3.63) is 17.8 Å². The number of hydrogen-bond donors (Lipinski definition) is 1. The van der Waals surface area contributed by atoms with Gasteiger partial charge in [0.2, 0.25) is 0 Å². The van der Waals surface area contributed by atoms with Crippen molar-refractivity contribution in [2.24, 2.45) is 5.92 Å². The third kappa shape index (κ3) is 2.10. The fourth-order valence-corrected chi connectivity index (χ4v) is 1.55. The summed E-state index contributed by atoms with van der Waals surface area (Å²) in [5.41, 5.74) is 1.10. The molecular weight excluding hydrogens is 164 g/mol. The van der Waals surface area contributed by atoms with Crippen molar-refractivity contribution in [2.75, 3.05) is 13.1 Å². The molecule has 0 atom stereocenters. The van der Waals surface area contributed by atoms with Gasteiger partial charge in [0.05, 0.1) is 5.69 Å². The molecule has 0 aliphatic carbocycles. The second-order valence-electron chi connectivity index (χ2n) is 3.71. The fraction of sp³-hybridized carbons (Fsp3) is 0.700. The lowest BCUT2D eigenvalue weighted by Crippen LogP contribution is -2.43. The molecule has 1 aliphatic rings. The van der Waals surface area contributed by atoms with Crippen LogP contribution in [0.2, 0.25) is 0 Å². The lowest BCUT2D eigenvalue weighted by atomic mass is 10.00. The minimum absolute atomic E-state index is 0.744. The summed E-state index contributed by atoms with van der Waals surface area (Å²) in [4.78, 5) is 4.43. The van der Waals surface area contributed by atoms with Gasteiger partial charge < -0.3 is 9.73 Å². The predicted molar refractivity (Wildman–Crippen MR) is 50.6 cm³/mol. The summed E-state index contributed by atoms with van der Waals surface area (Å²) < 4.78 is 5.38. The standard InChI is InChI=1S/C10H16N2O/c1-2-3-9-7-13-10(12-9)4-8-5-11-6-8/h7-8,11H,2-6H2,1H3. The van der Waals surface area contributed by atoms with Crippen molar-refractivity contribution in [3.63, 3.8) is 0 Å². The van der Waals surface area contributed by atoms with E-state index < -0.39 is 0 Å². The molecule has 0 unspecified atom stereocenters. The maximum absolute atomic E-state index is 5.38. The van der Waals surface area contributed by atoms with Crippen LogP contribution in [0.3, 0.4) is 0 Å². The van der Waals surface area contributed by atoms with Gasteiger partial charge in [0.15, 0.2) is 5.89 Å². The normalized spacial score (nSPS) is 17.3. The highest BCUT2D eigenvalue weighted by Gasteiger charge is 2.19. The SMILES string of the molecule is CCCc1coc(CC2CNC2)n1. The number of hydrogen-bond acceptors (Lipinski definition) is 3. The van der Waals surface area contributed by atoms with E-state index in [1.54, 1.807) is 6.26 Å². The zero-order valence-electron chi connectivity index (χ0n) is 8.05. The monoisotopic (exact) mass is 180 g/mol. The fourth-order valence-electron chi connectivity index (χ4n) is 1.55. The Labute approximate surface area is 78.5 Å². The molecule has 0 spiro atoms. The van der Waals surface area contributed by atoms with E-state index in [0.717, 1.165) is 49.9 Å². The molecule has 72 valence electrons. The summed E-state index contributed by atoms with van der Waals surface area (Å²) in [7, 11) is 0. The lowest BCUT2D eigenvalue weighted by molar-refractivity contribution is 0.318. The number of nitrogens with zero attached hydrogens (tertiary/aromatic N) is 1. The van der Waals surface area contributed by atoms with E-state index in [4.69, 9.17) is 4.42 Å². The minimum Gasteiger partial charge on any atom is -0.449 e. The number of oxazole rings is 1. The molecule has 0 bridgehead atoms. The van der Waals surface area contributed by atoms with Crippen LogP contribution in [-0.2, 0) is 12.8 Å². The van der Waals surface area contributed by atoms with Crippen molar-refractivity contribution in [2.45, 2.75) is 26.2 Å². The molecule has 1 aromatic heterocycles. The maximum atomic E-state index is 5.38. The molecule has 2 heterocycles. The van der Waals surface area contributed by atoms with Crippen molar-refractivity contribution >= 4 is 0 Å². The Morgan fingerprint density at radius 2 is 2.46 bits per heavy atom. The van der Waals surface area contributed by atoms with Crippen LogP contribution in [0.25, 0.3) is 0 Å². The maximum Gasteiger partial charge on any atom is 0.194 e. The number of aromatic nitrogens is 1. The smallest absolute Gasteiger partial charge is 0.194 e. The Morgan fingerprint density at radius 1 is 1.62 bits per heavy atom. The molecule has 0 saturated carbocycles. The van der Waals surface area contributed by atoms with E-state index in [2.05, 4.69) is 17.2 Å². The Balaban J connectivity index is 1.88. The molecule has 0 radical (unpaired) electrons. The van der Waals surface area contributed by atoms with Gasteiger partial charge in [-0.2, -0.15) is 0 Å². The first-order chi connectivity index (χ1) is 6.38. The van der Waals surface area contributed by atoms with Gasteiger partial charge in [-0.3, -0.25) is 0 Å². The highest BCUT2D eigenvalue weighted by Crippen LogP contribution is 2.12. The molecule has 3 heteroatoms. The molecule has 1 aromatic rings. The second-order valence-corrected chi connectivity index (χ2v) is 3.71. The third-order valence-corrected chi connectivity index (χ3v) is 2.43. The van der Waals surface area contributed by atoms with Crippen LogP contribution in [0.15, 0.2) is 10.7 Å². The molecule has 1 fully saturated rings. The summed E-state index contributed by atoms with van der Waals surface area (Å²) in [6, 6.07) is 0. The Morgan fingerprint density at radius 3 is 3.08 bits per heavy atom. The van der Waals surface area contributed by atoms with E-state index in [1.165, 1.54) is 0 Å². The summed E-state index contributed by atoms with van der Waals surface area (Å²) in [6.45, 7) is 4.39. The zero-order chi connectivity index (χ0) is 9.10. The topological polar surface area (TPSA) is 38.1 Å². The van der Waals surface area contributed by atoms with Crippen LogP contribution in [-0.4, -0.2) is 18.1 Å². The van der Waals surface area contributed by atoms with Gasteiger partial charge in [0.1, 0.15) is 6.26 Å². The Bertz CT molecular complexity index is 266. The first-order valence-corrected chi connectivity index (χ1v) is 5.02. The predicted octanol–water partition coefficient (Wildman–Crippen LogP) is 1.39. The van der Waals surface area contributed by atoms with Crippen LogP contribution in [0.4, 0.5) is 0 Å². The number of nitrogens with one attached hydrogen (secondary N) is 1. The summed E-state index contributed by atoms with van der Waals surface area (Å²) >= 11 is 0. The van der Waals surface area contributed by atoms with Crippen molar-refractivity contribution < 1.29 is 4.42 Å². The van der Waals surface area contributed by atoms with E-state index in [1.807, 2.05) is 0 Å². The average Bonchev–Trinajstić information content (AvgIpc) is 2.46. The van der Waals surface area contributed by atoms with Gasteiger partial charge >= 0.3 is 0 Å². The van der Waals surface area contributed by atoms with Gasteiger partial charge in [0, 0.05) is 6.42 Å². The summed E-state index contributed by atoms with van der Waals surface area (Å²) in [5.74, 6) is 1.66. The van der Waals surface area contributed by atoms with Crippen LogP contribution in [0, 0.1) is 5.92 Å². The van der Waals surface area contributed by atoms with Crippen molar-refractivity contribution in [1.82, 2.24) is 10.3 Å². The Hall–Kier alpha value is -0.830. The van der Waals surface area contributed by atoms with E-state index in [-0.39, 0.29) is 0 Å². The van der Waals surface area contributed by atoms with Gasteiger partial charge in [-0.1, -0.05) is 13.3 Å². The molecule has 2 rings (SSSR count). The molecule has 0 amide bonds. The summed E-state index contributed by atoms with van der Waals surface area (Å²) in [6.07, 6.45) is 4.96. The minimum atomic E-state index is 0.744. The quantitative estimate of drug-likeness (QED) is 0.761. The molecule has 1 N–H and O–H groups in total. The first-order valence-electron chi connectivity index (χ1n) is 5.02. The van der Waals surface area contributed by atoms with Crippen LogP contribution >= 0.6 is 0 Å². The highest BCUT2D eigenvalue weighted by molar-refractivity contribution is 4.98. The lowest BCUT2D eigenvalue weighted by Gasteiger charge is -2.25. The molecular formula is C10H16N2O. The van der Waals surface area contributed by atoms with Crippen molar-refractivity contribution in [1.29, 1.82) is 0 Å². The van der Waals surface area contributed by atoms with E-state index in [0.29, 0.717) is 0 Å². The summed E-state index contributed by atoms with van der Waals surface area (Å²) in [5, 5.41) is 3.24. The Kier molecular flexibility index (Phi) is 2.64. The third-order valence-electron chi connectivity index (χ3n) is 2.43. The zero-order valence-corrected chi connectivity index (χ0v) is 8.05. The van der Waals surface area contributed by atoms with Gasteiger partial charge in [-0.05, 0) is 25.4 Å². The largest absolute Gasteiger partial charge is 0.449 e. The second kappa shape index (κ2) is 3.92. The molecule has 1 aliphatic heterocycles. The number of rotatable bonds is 4. The molecule has 0 aromatic carbocycles. The van der Waals surface area contributed by atoms with Gasteiger partial charge in [-0.15, -0.1) is 0 Å².